The number of amides is 1. The van der Waals surface area contributed by atoms with Crippen LogP contribution in [-0.4, -0.2) is 24.7 Å². The number of rotatable bonds is 4. The number of benzene rings is 1. The molecule has 2 fully saturated rings. The molecular weight excluding hydrogens is 290 g/mol. The Balaban J connectivity index is 1.52. The maximum atomic E-state index is 12.0. The largest absolute Gasteiger partial charge is 0.382 e. The lowest BCUT2D eigenvalue weighted by Gasteiger charge is -2.27. The maximum Gasteiger partial charge on any atom is 0.253 e. The van der Waals surface area contributed by atoms with Gasteiger partial charge in [-0.3, -0.25) is 4.79 Å². The van der Waals surface area contributed by atoms with E-state index >= 15 is 0 Å². The summed E-state index contributed by atoms with van der Waals surface area (Å²) in [5, 5.41) is 15.4. The highest BCUT2D eigenvalue weighted by Gasteiger charge is 2.24. The molecule has 1 aromatic carbocycles. The molecule has 1 aromatic rings. The van der Waals surface area contributed by atoms with Crippen molar-refractivity contribution < 1.29 is 9.53 Å². The van der Waals surface area contributed by atoms with E-state index in [-0.39, 0.29) is 17.9 Å². The van der Waals surface area contributed by atoms with Crippen molar-refractivity contribution in [2.24, 2.45) is 5.92 Å². The van der Waals surface area contributed by atoms with Crippen molar-refractivity contribution in [3.63, 3.8) is 0 Å². The van der Waals surface area contributed by atoms with Crippen LogP contribution in [0.2, 0.25) is 0 Å². The third-order valence-electron chi connectivity index (χ3n) is 4.60. The molecule has 5 nitrogen and oxygen atoms in total. The van der Waals surface area contributed by atoms with Crippen LogP contribution in [-0.2, 0) is 9.53 Å². The molecule has 1 amide bonds. The topological polar surface area (TPSA) is 74.2 Å². The summed E-state index contributed by atoms with van der Waals surface area (Å²) < 4.78 is 5.38. The zero-order valence-electron chi connectivity index (χ0n) is 13.3. The molecule has 0 unspecified atom stereocenters. The molecule has 1 aliphatic heterocycles. The van der Waals surface area contributed by atoms with E-state index in [9.17, 15) is 4.79 Å². The molecule has 23 heavy (non-hydrogen) atoms. The van der Waals surface area contributed by atoms with Crippen molar-refractivity contribution in [3.8, 4) is 6.07 Å². The maximum absolute atomic E-state index is 12.0. The Kier molecular flexibility index (Phi) is 5.14. The first-order valence-corrected chi connectivity index (χ1v) is 8.43. The minimum absolute atomic E-state index is 0.0626. The number of hydrogen-bond acceptors (Lipinski definition) is 4. The van der Waals surface area contributed by atoms with Crippen LogP contribution in [0.5, 0.6) is 0 Å². The van der Waals surface area contributed by atoms with Crippen LogP contribution < -0.4 is 10.6 Å². The molecule has 0 bridgehead atoms. The van der Waals surface area contributed by atoms with Gasteiger partial charge in [0.25, 0.3) is 5.91 Å². The number of carbonyl (C=O) groups excluding carboxylic acids is 1. The van der Waals surface area contributed by atoms with Crippen molar-refractivity contribution in [1.29, 1.82) is 5.26 Å². The average molecular weight is 313 g/mol. The van der Waals surface area contributed by atoms with Crippen LogP contribution in [0, 0.1) is 17.2 Å². The van der Waals surface area contributed by atoms with E-state index in [1.165, 1.54) is 0 Å². The fourth-order valence-corrected chi connectivity index (χ4v) is 3.33. The van der Waals surface area contributed by atoms with Crippen LogP contribution in [0.4, 0.5) is 11.4 Å². The average Bonchev–Trinajstić information content (AvgIpc) is 3.11. The fourth-order valence-electron chi connectivity index (χ4n) is 3.33. The van der Waals surface area contributed by atoms with E-state index in [4.69, 9.17) is 10.00 Å². The number of nitrogens with zero attached hydrogens (tertiary/aromatic N) is 1. The third-order valence-corrected chi connectivity index (χ3v) is 4.60. The fraction of sp³-hybridized carbons (Fsp3) is 0.556. The van der Waals surface area contributed by atoms with Crippen molar-refractivity contribution >= 4 is 17.3 Å². The second-order valence-electron chi connectivity index (χ2n) is 6.40. The molecular formula is C18H23N3O2. The summed E-state index contributed by atoms with van der Waals surface area (Å²) in [6.07, 6.45) is 5.58. The molecule has 2 N–H and O–H groups in total. The Bertz CT molecular complexity index is 573. The summed E-state index contributed by atoms with van der Waals surface area (Å²) in [7, 11) is 0. The first kappa shape index (κ1) is 15.8. The van der Waals surface area contributed by atoms with Gasteiger partial charge in [-0.2, -0.15) is 5.26 Å². The summed E-state index contributed by atoms with van der Waals surface area (Å²) in [6.45, 7) is 0.673. The second kappa shape index (κ2) is 7.47. The van der Waals surface area contributed by atoms with E-state index in [2.05, 4.69) is 16.7 Å². The van der Waals surface area contributed by atoms with Crippen LogP contribution >= 0.6 is 0 Å². The van der Waals surface area contributed by atoms with E-state index in [1.807, 2.05) is 24.3 Å². The van der Waals surface area contributed by atoms with Crippen LogP contribution in [0.3, 0.4) is 0 Å². The number of carbonyl (C=O) groups is 1. The molecule has 0 spiro atoms. The van der Waals surface area contributed by atoms with Gasteiger partial charge in [0.1, 0.15) is 6.10 Å². The van der Waals surface area contributed by atoms with Crippen molar-refractivity contribution in [1.82, 2.24) is 0 Å². The smallest absolute Gasteiger partial charge is 0.253 e. The monoisotopic (exact) mass is 313 g/mol. The molecule has 1 aliphatic carbocycles. The summed E-state index contributed by atoms with van der Waals surface area (Å²) in [5.41, 5.74) is 1.82. The minimum Gasteiger partial charge on any atom is -0.382 e. The van der Waals surface area contributed by atoms with Gasteiger partial charge < -0.3 is 15.4 Å². The van der Waals surface area contributed by atoms with Gasteiger partial charge in [-0.25, -0.2) is 0 Å². The lowest BCUT2D eigenvalue weighted by Crippen LogP contribution is -2.27. The van der Waals surface area contributed by atoms with E-state index in [0.717, 1.165) is 49.9 Å². The quantitative estimate of drug-likeness (QED) is 0.894. The van der Waals surface area contributed by atoms with Gasteiger partial charge in [0.2, 0.25) is 0 Å². The van der Waals surface area contributed by atoms with Gasteiger partial charge in [-0.15, -0.1) is 0 Å². The van der Waals surface area contributed by atoms with Gasteiger partial charge in [0.15, 0.2) is 0 Å². The number of hydrogen-bond donors (Lipinski definition) is 2. The normalized spacial score (nSPS) is 27.2. The molecule has 3 atom stereocenters. The predicted molar refractivity (Wildman–Crippen MR) is 89.0 cm³/mol. The standard InChI is InChI=1S/C18H23N3O2/c19-12-13-3-1-4-16(11-13)20-14-6-8-15(9-7-14)21-18(22)17-5-2-10-23-17/h6-9,13,16-17,20H,1-5,10-11H2,(H,21,22)/t13-,16+,17+/m1/s1. The second-order valence-corrected chi connectivity index (χ2v) is 6.40. The number of ether oxygens (including phenoxy) is 1. The molecule has 3 rings (SSSR count). The lowest BCUT2D eigenvalue weighted by molar-refractivity contribution is -0.124. The van der Waals surface area contributed by atoms with Crippen LogP contribution in [0.15, 0.2) is 24.3 Å². The Labute approximate surface area is 137 Å². The molecule has 2 aliphatic rings. The van der Waals surface area contributed by atoms with E-state index < -0.39 is 0 Å². The van der Waals surface area contributed by atoms with Crippen molar-refractivity contribution in [3.05, 3.63) is 24.3 Å². The number of anilines is 2. The molecule has 1 saturated heterocycles. The third kappa shape index (κ3) is 4.23. The summed E-state index contributed by atoms with van der Waals surface area (Å²) in [6, 6.07) is 10.5. The highest BCUT2D eigenvalue weighted by molar-refractivity contribution is 5.94. The molecule has 1 saturated carbocycles. The predicted octanol–water partition coefficient (Wildman–Crippen LogP) is 3.30. The van der Waals surface area contributed by atoms with Gasteiger partial charge in [-0.05, 0) is 56.4 Å². The first-order valence-electron chi connectivity index (χ1n) is 8.43. The van der Waals surface area contributed by atoms with Gasteiger partial charge in [0, 0.05) is 29.9 Å². The van der Waals surface area contributed by atoms with Crippen LogP contribution in [0.25, 0.3) is 0 Å². The number of nitriles is 1. The van der Waals surface area contributed by atoms with Gasteiger partial charge >= 0.3 is 0 Å². The molecule has 122 valence electrons. The molecule has 1 heterocycles. The minimum atomic E-state index is -0.307. The van der Waals surface area contributed by atoms with Crippen LogP contribution in [0.1, 0.15) is 38.5 Å². The summed E-state index contributed by atoms with van der Waals surface area (Å²) in [5.74, 6) is 0.110. The summed E-state index contributed by atoms with van der Waals surface area (Å²) >= 11 is 0. The molecule has 5 heteroatoms. The molecule has 0 radical (unpaired) electrons. The van der Waals surface area contributed by atoms with Gasteiger partial charge in [0.05, 0.1) is 6.07 Å². The zero-order chi connectivity index (χ0) is 16.1. The SMILES string of the molecule is N#C[C@@H]1CCC[C@H](Nc2ccc(NC(=O)[C@@H]3CCCO3)cc2)C1. The number of nitrogens with one attached hydrogen (secondary N) is 2. The Hall–Kier alpha value is -2.06. The highest BCUT2D eigenvalue weighted by Crippen LogP contribution is 2.26. The van der Waals surface area contributed by atoms with Crippen molar-refractivity contribution in [2.75, 3.05) is 17.2 Å². The lowest BCUT2D eigenvalue weighted by atomic mass is 9.86. The van der Waals surface area contributed by atoms with E-state index in [1.54, 1.807) is 0 Å². The Morgan fingerprint density at radius 2 is 1.91 bits per heavy atom. The highest BCUT2D eigenvalue weighted by atomic mass is 16.5. The molecule has 0 aromatic heterocycles. The van der Waals surface area contributed by atoms with Gasteiger partial charge in [-0.1, -0.05) is 6.42 Å². The van der Waals surface area contributed by atoms with Crippen molar-refractivity contribution in [2.45, 2.75) is 50.7 Å². The Morgan fingerprint density at radius 1 is 1.13 bits per heavy atom. The summed E-state index contributed by atoms with van der Waals surface area (Å²) in [4.78, 5) is 12.0. The van der Waals surface area contributed by atoms with E-state index in [0.29, 0.717) is 12.6 Å². The first-order chi connectivity index (χ1) is 11.2. The Morgan fingerprint density at radius 3 is 2.61 bits per heavy atom. The zero-order valence-corrected chi connectivity index (χ0v) is 13.3.